The molecule has 4 aliphatic heterocycles. The van der Waals surface area contributed by atoms with Gasteiger partial charge in [0.15, 0.2) is 0 Å². The first-order valence-electron chi connectivity index (χ1n) is 15.2. The highest BCUT2D eigenvalue weighted by atomic mass is 16.5. The Morgan fingerprint density at radius 2 is 1.86 bits per heavy atom. The van der Waals surface area contributed by atoms with Crippen molar-refractivity contribution in [1.29, 1.82) is 0 Å². The van der Waals surface area contributed by atoms with E-state index in [2.05, 4.69) is 38.3 Å². The fourth-order valence-corrected chi connectivity index (χ4v) is 6.66. The first-order chi connectivity index (χ1) is 21.3. The van der Waals surface area contributed by atoms with Crippen LogP contribution in [0.4, 0.5) is 5.95 Å². The molecule has 3 aromatic rings. The predicted molar refractivity (Wildman–Crippen MR) is 161 cm³/mol. The van der Waals surface area contributed by atoms with Crippen molar-refractivity contribution in [3.63, 3.8) is 0 Å². The van der Waals surface area contributed by atoms with Crippen molar-refractivity contribution in [2.24, 2.45) is 0 Å². The summed E-state index contributed by atoms with van der Waals surface area (Å²) in [7, 11) is 0. The molecule has 0 saturated carbocycles. The van der Waals surface area contributed by atoms with Gasteiger partial charge in [-0.3, -0.25) is 29.4 Å². The molecule has 228 valence electrons. The Morgan fingerprint density at radius 1 is 1.02 bits per heavy atom. The molecule has 2 aromatic carbocycles. The van der Waals surface area contributed by atoms with Crippen LogP contribution in [-0.2, 0) is 27.5 Å². The molecule has 0 radical (unpaired) electrons. The zero-order valence-electron chi connectivity index (χ0n) is 24.7. The van der Waals surface area contributed by atoms with Crippen molar-refractivity contribution in [2.45, 2.75) is 51.4 Å². The summed E-state index contributed by atoms with van der Waals surface area (Å²) in [5.41, 5.74) is 3.51. The summed E-state index contributed by atoms with van der Waals surface area (Å²) in [6, 6.07) is 11.2. The monoisotopic (exact) mass is 597 g/mol. The number of amides is 4. The van der Waals surface area contributed by atoms with Crippen molar-refractivity contribution in [2.75, 3.05) is 44.2 Å². The number of rotatable bonds is 6. The van der Waals surface area contributed by atoms with Crippen LogP contribution in [0.5, 0.6) is 5.75 Å². The zero-order valence-corrected chi connectivity index (χ0v) is 24.7. The fourth-order valence-electron chi connectivity index (χ4n) is 6.66. The number of ether oxygens (including phenoxy) is 1. The molecule has 44 heavy (non-hydrogen) atoms. The molecule has 7 rings (SSSR count). The van der Waals surface area contributed by atoms with Gasteiger partial charge >= 0.3 is 0 Å². The van der Waals surface area contributed by atoms with Crippen LogP contribution in [0.1, 0.15) is 47.7 Å². The number of piperazine rings is 1. The summed E-state index contributed by atoms with van der Waals surface area (Å²) in [5.74, 6) is 0.640. The molecular formula is C32H35N7O5. The van der Waals surface area contributed by atoms with Crippen LogP contribution >= 0.6 is 0 Å². The molecule has 1 aromatic heterocycles. The zero-order chi connectivity index (χ0) is 30.4. The lowest BCUT2D eigenvalue weighted by Gasteiger charge is -2.34. The average Bonchev–Trinajstić information content (AvgIpc) is 3.59. The number of nitrogens with zero attached hydrogens (tertiary/aromatic N) is 6. The number of piperidine rings is 1. The van der Waals surface area contributed by atoms with Crippen LogP contribution in [0.25, 0.3) is 10.9 Å². The number of benzene rings is 2. The third-order valence-electron chi connectivity index (χ3n) is 9.07. The van der Waals surface area contributed by atoms with Crippen molar-refractivity contribution in [3.05, 3.63) is 59.3 Å². The van der Waals surface area contributed by atoms with Crippen LogP contribution in [0.2, 0.25) is 0 Å². The minimum Gasteiger partial charge on any atom is -0.489 e. The van der Waals surface area contributed by atoms with Crippen molar-refractivity contribution >= 4 is 40.5 Å². The van der Waals surface area contributed by atoms with E-state index in [-0.39, 0.29) is 30.2 Å². The lowest BCUT2D eigenvalue weighted by atomic mass is 10.0. The normalized spacial score (nSPS) is 22.5. The lowest BCUT2D eigenvalue weighted by molar-refractivity contribution is -0.137. The average molecular weight is 598 g/mol. The smallest absolute Gasteiger partial charge is 0.255 e. The summed E-state index contributed by atoms with van der Waals surface area (Å²) in [6.07, 6.45) is 3.39. The number of hydrogen-bond acceptors (Lipinski definition) is 9. The maximum atomic E-state index is 13.0. The number of nitrogens with one attached hydrogen (secondary N) is 1. The number of carbonyl (C=O) groups is 4. The van der Waals surface area contributed by atoms with Gasteiger partial charge in [0.25, 0.3) is 5.91 Å². The second-order valence-corrected chi connectivity index (χ2v) is 12.0. The SMILES string of the molecule is CC(=O)N1CCN(c2ncc3cc(CN4CC[C@H](Oc5ccc6c(c5)CN([C@H]5CCC(=O)NC5=O)C6=O)C4)ccc3n2)CC1. The van der Waals surface area contributed by atoms with E-state index >= 15 is 0 Å². The Kier molecular flexibility index (Phi) is 7.37. The van der Waals surface area contributed by atoms with Gasteiger partial charge in [0.2, 0.25) is 23.7 Å². The number of hydrogen-bond donors (Lipinski definition) is 1. The maximum absolute atomic E-state index is 13.0. The van der Waals surface area contributed by atoms with E-state index in [0.29, 0.717) is 37.6 Å². The summed E-state index contributed by atoms with van der Waals surface area (Å²) < 4.78 is 6.34. The highest BCUT2D eigenvalue weighted by Gasteiger charge is 2.39. The van der Waals surface area contributed by atoms with Gasteiger partial charge in [-0.05, 0) is 54.3 Å². The lowest BCUT2D eigenvalue weighted by Crippen LogP contribution is -2.52. The van der Waals surface area contributed by atoms with E-state index in [0.717, 1.165) is 61.4 Å². The van der Waals surface area contributed by atoms with Crippen LogP contribution in [0, 0.1) is 0 Å². The molecule has 12 heteroatoms. The molecule has 2 atom stereocenters. The van der Waals surface area contributed by atoms with Gasteiger partial charge in [0.05, 0.1) is 5.52 Å². The van der Waals surface area contributed by atoms with E-state index in [9.17, 15) is 19.2 Å². The number of fused-ring (bicyclic) bond motifs is 2. The first-order valence-corrected chi connectivity index (χ1v) is 15.2. The quantitative estimate of drug-likeness (QED) is 0.423. The van der Waals surface area contributed by atoms with Crippen LogP contribution < -0.4 is 15.0 Å². The van der Waals surface area contributed by atoms with Gasteiger partial charge in [0.1, 0.15) is 17.9 Å². The number of anilines is 1. The van der Waals surface area contributed by atoms with Gasteiger partial charge in [0, 0.05) is 82.8 Å². The number of imide groups is 1. The molecule has 3 saturated heterocycles. The molecule has 0 aliphatic carbocycles. The van der Waals surface area contributed by atoms with Crippen molar-refractivity contribution < 1.29 is 23.9 Å². The van der Waals surface area contributed by atoms with E-state index in [1.807, 2.05) is 23.2 Å². The van der Waals surface area contributed by atoms with Gasteiger partial charge in [-0.25, -0.2) is 9.97 Å². The number of aromatic nitrogens is 2. The predicted octanol–water partition coefficient (Wildman–Crippen LogP) is 1.71. The number of likely N-dealkylation sites (tertiary alicyclic amines) is 1. The third-order valence-corrected chi connectivity index (χ3v) is 9.07. The minimum atomic E-state index is -0.626. The molecule has 4 amide bonds. The second kappa shape index (κ2) is 11.5. The second-order valence-electron chi connectivity index (χ2n) is 12.0. The molecule has 3 fully saturated rings. The molecule has 0 spiro atoms. The Labute approximate surface area is 255 Å². The largest absolute Gasteiger partial charge is 0.489 e. The van der Waals surface area contributed by atoms with E-state index in [1.165, 1.54) is 5.56 Å². The van der Waals surface area contributed by atoms with Gasteiger partial charge < -0.3 is 19.4 Å². The van der Waals surface area contributed by atoms with Crippen LogP contribution in [0.3, 0.4) is 0 Å². The topological polar surface area (TPSA) is 128 Å². The molecule has 12 nitrogen and oxygen atoms in total. The highest BCUT2D eigenvalue weighted by Crippen LogP contribution is 2.31. The first kappa shape index (κ1) is 28.2. The Hall–Kier alpha value is -4.58. The highest BCUT2D eigenvalue weighted by molar-refractivity contribution is 6.05. The fraction of sp³-hybridized carbons (Fsp3) is 0.438. The number of carbonyl (C=O) groups excluding carboxylic acids is 4. The maximum Gasteiger partial charge on any atom is 0.255 e. The Morgan fingerprint density at radius 3 is 2.66 bits per heavy atom. The third kappa shape index (κ3) is 5.57. The van der Waals surface area contributed by atoms with E-state index < -0.39 is 11.9 Å². The van der Waals surface area contributed by atoms with Crippen molar-refractivity contribution in [3.8, 4) is 5.75 Å². The van der Waals surface area contributed by atoms with Crippen molar-refractivity contribution in [1.82, 2.24) is 30.0 Å². The molecule has 0 bridgehead atoms. The molecular weight excluding hydrogens is 562 g/mol. The molecule has 5 heterocycles. The summed E-state index contributed by atoms with van der Waals surface area (Å²) >= 11 is 0. The summed E-state index contributed by atoms with van der Waals surface area (Å²) in [4.78, 5) is 65.8. The van der Waals surface area contributed by atoms with E-state index in [4.69, 9.17) is 9.72 Å². The minimum absolute atomic E-state index is 0.0335. The molecule has 1 N–H and O–H groups in total. The Bertz CT molecular complexity index is 1650. The summed E-state index contributed by atoms with van der Waals surface area (Å²) in [5, 5.41) is 3.34. The van der Waals surface area contributed by atoms with Gasteiger partial charge in [-0.15, -0.1) is 0 Å². The van der Waals surface area contributed by atoms with Gasteiger partial charge in [-0.1, -0.05) is 6.07 Å². The Balaban J connectivity index is 0.941. The molecule has 4 aliphatic rings. The standard InChI is InChI=1S/C32H35N7O5/c1-20(40)37-10-12-38(13-11-37)32-33-16-22-14-21(2-5-27(22)34-32)17-36-9-8-25(19-36)44-24-3-4-26-23(15-24)18-39(31(26)43)28-6-7-29(41)35-30(28)42/h2-5,14-16,25,28H,6-13,17-19H2,1H3,(H,35,41,42)/t25-,28-/m0/s1. The van der Waals surface area contributed by atoms with Crippen LogP contribution in [0.15, 0.2) is 42.6 Å². The molecule has 0 unspecified atom stereocenters. The summed E-state index contributed by atoms with van der Waals surface area (Å²) in [6.45, 7) is 7.26. The van der Waals surface area contributed by atoms with E-state index in [1.54, 1.807) is 17.9 Å². The van der Waals surface area contributed by atoms with Gasteiger partial charge in [-0.2, -0.15) is 0 Å². The van der Waals surface area contributed by atoms with Crippen LogP contribution in [-0.4, -0.2) is 99.7 Å².